The fourth-order valence-corrected chi connectivity index (χ4v) is 2.05. The fraction of sp³-hybridized carbons (Fsp3) is 0.333. The van der Waals surface area contributed by atoms with E-state index in [1.807, 2.05) is 48.5 Å². The zero-order chi connectivity index (χ0) is 16.2. The Hall–Kier alpha value is -1.84. The minimum atomic E-state index is -0.712. The van der Waals surface area contributed by atoms with Crippen molar-refractivity contribution in [2.24, 2.45) is 0 Å². The molecule has 5 heteroatoms. The van der Waals surface area contributed by atoms with E-state index in [9.17, 15) is 9.59 Å². The smallest absolute Gasteiger partial charge is 0.481 e. The molecule has 0 aromatic heterocycles. The van der Waals surface area contributed by atoms with Crippen LogP contribution in [0.25, 0.3) is 0 Å². The average Bonchev–Trinajstić information content (AvgIpc) is 3.11. The van der Waals surface area contributed by atoms with Crippen LogP contribution in [0, 0.1) is 0 Å². The Morgan fingerprint density at radius 1 is 0.696 bits per heavy atom. The van der Waals surface area contributed by atoms with Crippen molar-refractivity contribution in [3.63, 3.8) is 0 Å². The molecule has 2 rings (SSSR count). The normalized spacial score (nSPS) is 9.39. The Morgan fingerprint density at radius 2 is 1.00 bits per heavy atom. The van der Waals surface area contributed by atoms with Gasteiger partial charge < -0.3 is 10.2 Å². The molecule has 2 N–H and O–H groups in total. The molecule has 0 aliphatic heterocycles. The second-order valence-corrected chi connectivity index (χ2v) is 5.08. The molecule has 0 unspecified atom stereocenters. The molecule has 0 radical (unpaired) electrons. The van der Waals surface area contributed by atoms with E-state index >= 15 is 0 Å². The van der Waals surface area contributed by atoms with Crippen LogP contribution in [-0.2, 0) is 39.5 Å². The van der Waals surface area contributed by atoms with Gasteiger partial charge in [-0.15, -0.1) is 0 Å². The summed E-state index contributed by atoms with van der Waals surface area (Å²) >= 11 is 0. The molecule has 2 aromatic carbocycles. The number of carbonyl (C=O) groups is 2. The maximum absolute atomic E-state index is 10.1. The number of hydrogen-bond donors (Lipinski definition) is 2. The molecule has 0 saturated heterocycles. The van der Waals surface area contributed by atoms with Gasteiger partial charge in [0.25, 0.3) is 0 Å². The maximum atomic E-state index is 10.1. The largest absolute Gasteiger partial charge is 2.00 e. The molecule has 0 saturated carbocycles. The van der Waals surface area contributed by atoms with Crippen LogP contribution in [0.3, 0.4) is 0 Å². The monoisotopic (exact) mass is 358 g/mol. The Morgan fingerprint density at radius 3 is 1.26 bits per heavy atom. The van der Waals surface area contributed by atoms with Gasteiger partial charge in [-0.05, 0) is 12.8 Å². The first-order valence-corrected chi connectivity index (χ1v) is 7.42. The van der Waals surface area contributed by atoms with Crippen molar-refractivity contribution in [3.8, 4) is 0 Å². The number of aliphatic carboxylic acids is 2. The Kier molecular flexibility index (Phi) is 11.7. The second kappa shape index (κ2) is 12.7. The molecular weight excluding hydrogens is 336 g/mol. The quantitative estimate of drug-likeness (QED) is 0.558. The van der Waals surface area contributed by atoms with Crippen LogP contribution in [0.2, 0.25) is 0 Å². The van der Waals surface area contributed by atoms with E-state index in [4.69, 9.17) is 10.2 Å². The summed E-state index contributed by atoms with van der Waals surface area (Å²) in [5.41, 5.74) is 2.46. The molecule has 0 aliphatic carbocycles. The number of aryl methyl sites for hydroxylation is 2. The van der Waals surface area contributed by atoms with Crippen LogP contribution < -0.4 is 0 Å². The molecule has 0 amide bonds. The maximum Gasteiger partial charge on any atom is 2.00 e. The summed E-state index contributed by atoms with van der Waals surface area (Å²) in [5.74, 6) is -1.42. The van der Waals surface area contributed by atoms with Crippen LogP contribution in [0.5, 0.6) is 0 Å². The summed E-state index contributed by atoms with van der Waals surface area (Å²) in [4.78, 5) is 20.3. The van der Waals surface area contributed by atoms with Crippen molar-refractivity contribution in [2.75, 3.05) is 0 Å². The van der Waals surface area contributed by atoms with E-state index in [-0.39, 0.29) is 29.9 Å². The third-order valence-corrected chi connectivity index (χ3v) is 3.18. The Labute approximate surface area is 147 Å². The number of hydrogen-bond acceptors (Lipinski definition) is 2. The molecule has 23 heavy (non-hydrogen) atoms. The number of carboxylic acids is 2. The molecule has 0 heterocycles. The van der Waals surface area contributed by atoms with Crippen molar-refractivity contribution >= 4 is 11.9 Å². The van der Waals surface area contributed by atoms with Crippen LogP contribution >= 0.6 is 0 Å². The van der Waals surface area contributed by atoms with Gasteiger partial charge >= 0.3 is 29.0 Å². The first kappa shape index (κ1) is 21.2. The molecular formula is C18H22FeO4. The predicted octanol–water partition coefficient (Wildman–Crippen LogP) is 3.62. The van der Waals surface area contributed by atoms with Crippen LogP contribution in [0.15, 0.2) is 48.5 Å². The first-order valence-electron chi connectivity index (χ1n) is 7.42. The van der Waals surface area contributed by atoms with Gasteiger partial charge in [0.2, 0.25) is 0 Å². The second-order valence-electron chi connectivity index (χ2n) is 5.08. The Balaban J connectivity index is 0.000000403. The summed E-state index contributed by atoms with van der Waals surface area (Å²) in [6, 6.07) is 15.9. The van der Waals surface area contributed by atoms with Gasteiger partial charge in [-0.1, -0.05) is 12.8 Å². The van der Waals surface area contributed by atoms with Crippen molar-refractivity contribution < 1.29 is 36.9 Å². The van der Waals surface area contributed by atoms with Gasteiger partial charge in [-0.3, -0.25) is 9.59 Å². The fourth-order valence-electron chi connectivity index (χ4n) is 2.05. The van der Waals surface area contributed by atoms with Gasteiger partial charge in [-0.25, -0.2) is 24.3 Å². The first-order chi connectivity index (χ1) is 10.6. The van der Waals surface area contributed by atoms with E-state index < -0.39 is 11.9 Å². The van der Waals surface area contributed by atoms with Crippen molar-refractivity contribution in [1.29, 1.82) is 0 Å². The van der Waals surface area contributed by atoms with Gasteiger partial charge in [0, 0.05) is 12.8 Å². The summed E-state index contributed by atoms with van der Waals surface area (Å²) in [5, 5.41) is 16.7. The molecule has 0 spiro atoms. The molecule has 126 valence electrons. The molecule has 0 aliphatic rings. The summed E-state index contributed by atoms with van der Waals surface area (Å²) < 4.78 is 0. The molecule has 0 atom stereocenters. The van der Waals surface area contributed by atoms with Crippen LogP contribution in [0.1, 0.15) is 36.8 Å². The van der Waals surface area contributed by atoms with Crippen molar-refractivity contribution in [3.05, 3.63) is 59.7 Å². The number of rotatable bonds is 8. The summed E-state index contributed by atoms with van der Waals surface area (Å²) in [6.07, 6.45) is 3.76. The van der Waals surface area contributed by atoms with Crippen molar-refractivity contribution in [1.82, 2.24) is 0 Å². The van der Waals surface area contributed by atoms with Gasteiger partial charge in [-0.2, -0.15) is 35.4 Å². The molecule has 2 aromatic rings. The predicted molar refractivity (Wildman–Crippen MR) is 85.2 cm³/mol. The minimum Gasteiger partial charge on any atom is -0.481 e. The van der Waals surface area contributed by atoms with E-state index in [1.54, 1.807) is 0 Å². The van der Waals surface area contributed by atoms with Gasteiger partial charge in [0.05, 0.1) is 0 Å². The van der Waals surface area contributed by atoms with Gasteiger partial charge in [0.1, 0.15) is 0 Å². The molecule has 0 fully saturated rings. The van der Waals surface area contributed by atoms with Crippen LogP contribution in [0.4, 0.5) is 0 Å². The van der Waals surface area contributed by atoms with E-state index in [0.29, 0.717) is 0 Å². The third-order valence-electron chi connectivity index (χ3n) is 3.18. The molecule has 0 bridgehead atoms. The third kappa shape index (κ3) is 11.4. The van der Waals surface area contributed by atoms with Crippen LogP contribution in [-0.4, -0.2) is 22.2 Å². The molecule has 4 nitrogen and oxygen atoms in total. The van der Waals surface area contributed by atoms with Gasteiger partial charge in [0.15, 0.2) is 0 Å². The van der Waals surface area contributed by atoms with E-state index in [0.717, 1.165) is 25.7 Å². The van der Waals surface area contributed by atoms with E-state index in [2.05, 4.69) is 0 Å². The zero-order valence-corrected chi connectivity index (χ0v) is 14.0. The topological polar surface area (TPSA) is 74.6 Å². The number of carboxylic acid groups (broad SMARTS) is 2. The standard InChI is InChI=1S/2C9H11O2.Fe/c2*10-9(11)7-3-6-8-4-1-2-5-8;/h2*1-2,4-5H,3,6-7H2,(H,10,11);/q2*-1;+2. The summed E-state index contributed by atoms with van der Waals surface area (Å²) in [7, 11) is 0. The zero-order valence-electron chi connectivity index (χ0n) is 12.9. The Bertz CT molecular complexity index is 479. The van der Waals surface area contributed by atoms with Crippen molar-refractivity contribution in [2.45, 2.75) is 38.5 Å². The minimum absolute atomic E-state index is 0. The average molecular weight is 358 g/mol. The SMILES string of the molecule is O=C(O)CCC[c-]1cccc1.O=C(O)CCC[c-]1cccc1.[Fe+2]. The summed E-state index contributed by atoms with van der Waals surface area (Å²) in [6.45, 7) is 0. The van der Waals surface area contributed by atoms with E-state index in [1.165, 1.54) is 11.1 Å².